The van der Waals surface area contributed by atoms with Crippen LogP contribution in [0, 0.1) is 11.7 Å². The number of halogens is 1. The number of para-hydroxylation sites is 1. The van der Waals surface area contributed by atoms with Gasteiger partial charge < -0.3 is 19.9 Å². The number of anilines is 1. The van der Waals surface area contributed by atoms with Crippen LogP contribution in [-0.4, -0.2) is 80.9 Å². The maximum atomic E-state index is 14.0. The first-order valence-electron chi connectivity index (χ1n) is 11.0. The SMILES string of the molecule is CCC(CC)C(CNC(=O)N1CCN(c2ccccc2F)CC1)N1CCOCC1. The molecule has 1 aromatic carbocycles. The Balaban J connectivity index is 1.52. The molecule has 0 radical (unpaired) electrons. The number of carbonyl (C=O) groups excluding carboxylic acids is 1. The van der Waals surface area contributed by atoms with Crippen LogP contribution in [0.4, 0.5) is 14.9 Å². The molecule has 2 aliphatic rings. The van der Waals surface area contributed by atoms with Crippen molar-refractivity contribution < 1.29 is 13.9 Å². The molecule has 1 aromatic rings. The van der Waals surface area contributed by atoms with Crippen LogP contribution in [0.1, 0.15) is 26.7 Å². The van der Waals surface area contributed by atoms with E-state index in [1.54, 1.807) is 12.1 Å². The molecule has 2 fully saturated rings. The Morgan fingerprint density at radius 2 is 1.72 bits per heavy atom. The molecule has 1 atom stereocenters. The first kappa shape index (κ1) is 21.8. The maximum Gasteiger partial charge on any atom is 0.317 e. The number of hydrogen-bond donors (Lipinski definition) is 1. The molecule has 0 saturated carbocycles. The maximum absolute atomic E-state index is 14.0. The fourth-order valence-electron chi connectivity index (χ4n) is 4.50. The third kappa shape index (κ3) is 5.60. The summed E-state index contributed by atoms with van der Waals surface area (Å²) < 4.78 is 19.5. The number of nitrogens with zero attached hydrogens (tertiary/aromatic N) is 3. The van der Waals surface area contributed by atoms with Gasteiger partial charge in [-0.25, -0.2) is 9.18 Å². The monoisotopic (exact) mass is 406 g/mol. The summed E-state index contributed by atoms with van der Waals surface area (Å²) in [6, 6.07) is 7.17. The van der Waals surface area contributed by atoms with E-state index in [0.717, 1.165) is 39.1 Å². The smallest absolute Gasteiger partial charge is 0.317 e. The topological polar surface area (TPSA) is 48.1 Å². The molecule has 2 heterocycles. The lowest BCUT2D eigenvalue weighted by atomic mass is 9.92. The second-order valence-corrected chi connectivity index (χ2v) is 7.90. The average molecular weight is 407 g/mol. The van der Waals surface area contributed by atoms with E-state index in [4.69, 9.17) is 4.74 Å². The molecule has 2 saturated heterocycles. The zero-order chi connectivity index (χ0) is 20.6. The molecule has 0 aliphatic carbocycles. The first-order valence-corrected chi connectivity index (χ1v) is 11.0. The first-order chi connectivity index (χ1) is 14.1. The average Bonchev–Trinajstić information content (AvgIpc) is 2.77. The standard InChI is InChI=1S/C22H35FN4O2/c1-3-18(4-2)21(26-13-15-29-16-14-26)17-24-22(28)27-11-9-25(10-12-27)20-8-6-5-7-19(20)23/h5-8,18,21H,3-4,9-17H2,1-2H3,(H,24,28). The molecule has 6 nitrogen and oxygen atoms in total. The molecular weight excluding hydrogens is 371 g/mol. The highest BCUT2D eigenvalue weighted by Crippen LogP contribution is 2.21. The minimum Gasteiger partial charge on any atom is -0.379 e. The largest absolute Gasteiger partial charge is 0.379 e. The summed E-state index contributed by atoms with van der Waals surface area (Å²) in [6.45, 7) is 11.0. The second-order valence-electron chi connectivity index (χ2n) is 7.90. The summed E-state index contributed by atoms with van der Waals surface area (Å²) >= 11 is 0. The van der Waals surface area contributed by atoms with Crippen molar-refractivity contribution >= 4 is 11.7 Å². The van der Waals surface area contributed by atoms with Gasteiger partial charge in [0, 0.05) is 51.9 Å². The Labute approximate surface area is 174 Å². The molecule has 0 bridgehead atoms. The van der Waals surface area contributed by atoms with Gasteiger partial charge in [-0.2, -0.15) is 0 Å². The molecule has 0 spiro atoms. The highest BCUT2D eigenvalue weighted by atomic mass is 19.1. The van der Waals surface area contributed by atoms with Gasteiger partial charge in [0.05, 0.1) is 18.9 Å². The Bertz CT molecular complexity index is 641. The van der Waals surface area contributed by atoms with Crippen LogP contribution in [0.2, 0.25) is 0 Å². The predicted octanol–water partition coefficient (Wildman–Crippen LogP) is 2.79. The summed E-state index contributed by atoms with van der Waals surface area (Å²) in [5.41, 5.74) is 0.619. The van der Waals surface area contributed by atoms with Crippen molar-refractivity contribution in [1.29, 1.82) is 0 Å². The zero-order valence-corrected chi connectivity index (χ0v) is 17.8. The number of nitrogens with one attached hydrogen (secondary N) is 1. The van der Waals surface area contributed by atoms with Gasteiger partial charge in [-0.1, -0.05) is 38.8 Å². The highest BCUT2D eigenvalue weighted by molar-refractivity contribution is 5.74. The van der Waals surface area contributed by atoms with Gasteiger partial charge in [-0.15, -0.1) is 0 Å². The molecule has 3 rings (SSSR count). The molecule has 162 valence electrons. The minimum atomic E-state index is -0.205. The van der Waals surface area contributed by atoms with Crippen molar-refractivity contribution in [3.63, 3.8) is 0 Å². The lowest BCUT2D eigenvalue weighted by molar-refractivity contribution is 0.00210. The highest BCUT2D eigenvalue weighted by Gasteiger charge is 2.29. The zero-order valence-electron chi connectivity index (χ0n) is 17.8. The van der Waals surface area contributed by atoms with Crippen LogP contribution in [0.5, 0.6) is 0 Å². The van der Waals surface area contributed by atoms with Crippen LogP contribution in [0.3, 0.4) is 0 Å². The number of benzene rings is 1. The number of amides is 2. The molecule has 2 amide bonds. The van der Waals surface area contributed by atoms with Crippen molar-refractivity contribution in [2.24, 2.45) is 5.92 Å². The third-order valence-electron chi connectivity index (χ3n) is 6.33. The number of morpholine rings is 1. The summed E-state index contributed by atoms with van der Waals surface area (Å²) in [5.74, 6) is 0.357. The lowest BCUT2D eigenvalue weighted by Crippen LogP contribution is -2.56. The quantitative estimate of drug-likeness (QED) is 0.757. The van der Waals surface area contributed by atoms with Gasteiger partial charge in [-0.3, -0.25) is 4.90 Å². The summed E-state index contributed by atoms with van der Waals surface area (Å²) in [7, 11) is 0. The van der Waals surface area contributed by atoms with Gasteiger partial charge in [0.1, 0.15) is 5.82 Å². The van der Waals surface area contributed by atoms with Crippen molar-refractivity contribution in [1.82, 2.24) is 15.1 Å². The Hall–Kier alpha value is -1.86. The van der Waals surface area contributed by atoms with E-state index < -0.39 is 0 Å². The van der Waals surface area contributed by atoms with Crippen LogP contribution in [-0.2, 0) is 4.74 Å². The minimum absolute atomic E-state index is 0.0117. The molecule has 1 unspecified atom stereocenters. The lowest BCUT2D eigenvalue weighted by Gasteiger charge is -2.40. The third-order valence-corrected chi connectivity index (χ3v) is 6.33. The van der Waals surface area contributed by atoms with Crippen molar-refractivity contribution in [2.45, 2.75) is 32.7 Å². The molecule has 2 aliphatic heterocycles. The number of urea groups is 1. The van der Waals surface area contributed by atoms with Crippen LogP contribution in [0.15, 0.2) is 24.3 Å². The summed E-state index contributed by atoms with van der Waals surface area (Å²) in [5, 5.41) is 3.18. The number of rotatable bonds is 7. The van der Waals surface area contributed by atoms with Crippen LogP contribution >= 0.6 is 0 Å². The van der Waals surface area contributed by atoms with E-state index in [-0.39, 0.29) is 11.8 Å². The number of piperazine rings is 1. The molecule has 7 heteroatoms. The Morgan fingerprint density at radius 3 is 2.34 bits per heavy atom. The summed E-state index contributed by atoms with van der Waals surface area (Å²) in [4.78, 5) is 19.1. The van der Waals surface area contributed by atoms with Crippen molar-refractivity contribution in [2.75, 3.05) is 63.9 Å². The number of carbonyl (C=O) groups is 1. The molecule has 29 heavy (non-hydrogen) atoms. The number of ether oxygens (including phenoxy) is 1. The van der Waals surface area contributed by atoms with Gasteiger partial charge in [0.2, 0.25) is 0 Å². The van der Waals surface area contributed by atoms with E-state index in [1.807, 2.05) is 15.9 Å². The Kier molecular flexibility index (Phi) is 8.12. The fourth-order valence-corrected chi connectivity index (χ4v) is 4.50. The molecule has 0 aromatic heterocycles. The van der Waals surface area contributed by atoms with E-state index in [0.29, 0.717) is 50.4 Å². The van der Waals surface area contributed by atoms with E-state index in [1.165, 1.54) is 6.07 Å². The number of hydrogen-bond acceptors (Lipinski definition) is 4. The van der Waals surface area contributed by atoms with E-state index in [9.17, 15) is 9.18 Å². The van der Waals surface area contributed by atoms with Crippen LogP contribution < -0.4 is 10.2 Å². The van der Waals surface area contributed by atoms with E-state index in [2.05, 4.69) is 24.1 Å². The predicted molar refractivity (Wildman–Crippen MR) is 114 cm³/mol. The van der Waals surface area contributed by atoms with Crippen molar-refractivity contribution in [3.05, 3.63) is 30.1 Å². The van der Waals surface area contributed by atoms with Gasteiger partial charge in [0.25, 0.3) is 0 Å². The van der Waals surface area contributed by atoms with Gasteiger partial charge in [-0.05, 0) is 18.1 Å². The normalized spacial score (nSPS) is 19.4. The second kappa shape index (κ2) is 10.8. The van der Waals surface area contributed by atoms with Crippen molar-refractivity contribution in [3.8, 4) is 0 Å². The Morgan fingerprint density at radius 1 is 1.07 bits per heavy atom. The van der Waals surface area contributed by atoms with Crippen LogP contribution in [0.25, 0.3) is 0 Å². The molecular formula is C22H35FN4O2. The fraction of sp³-hybridized carbons (Fsp3) is 0.682. The molecule has 1 N–H and O–H groups in total. The summed E-state index contributed by atoms with van der Waals surface area (Å²) in [6.07, 6.45) is 2.21. The van der Waals surface area contributed by atoms with E-state index >= 15 is 0 Å². The van der Waals surface area contributed by atoms with Gasteiger partial charge in [0.15, 0.2) is 0 Å². The van der Waals surface area contributed by atoms with Gasteiger partial charge >= 0.3 is 6.03 Å².